The number of amides is 1. The summed E-state index contributed by atoms with van der Waals surface area (Å²) in [7, 11) is 2.05. The topological polar surface area (TPSA) is 47.4 Å². The molecule has 0 spiro atoms. The van der Waals surface area contributed by atoms with E-state index in [1.165, 1.54) is 0 Å². The number of ether oxygens (including phenoxy) is 1. The number of morpholine rings is 1. The van der Waals surface area contributed by atoms with Gasteiger partial charge in [0.2, 0.25) is 0 Å². The molecule has 0 bridgehead atoms. The molecule has 1 amide bonds. The number of hydrogen-bond acceptors (Lipinski definition) is 3. The van der Waals surface area contributed by atoms with Gasteiger partial charge in [-0.05, 0) is 38.5 Å². The molecular formula is C20H29N3O2. The molecule has 1 aliphatic heterocycles. The number of aryl methyl sites for hydroxylation is 1. The van der Waals surface area contributed by atoms with E-state index >= 15 is 0 Å². The monoisotopic (exact) mass is 343 g/mol. The van der Waals surface area contributed by atoms with Gasteiger partial charge in [0.05, 0.1) is 23.2 Å². The first-order valence-corrected chi connectivity index (χ1v) is 9.14. The summed E-state index contributed by atoms with van der Waals surface area (Å²) >= 11 is 0. The molecule has 2 atom stereocenters. The fourth-order valence-corrected chi connectivity index (χ4v) is 3.62. The van der Waals surface area contributed by atoms with Gasteiger partial charge < -0.3 is 14.2 Å². The highest BCUT2D eigenvalue weighted by Gasteiger charge is 2.28. The molecule has 0 N–H and O–H groups in total. The highest BCUT2D eigenvalue weighted by molar-refractivity contribution is 5.97. The van der Waals surface area contributed by atoms with E-state index in [9.17, 15) is 4.79 Å². The van der Waals surface area contributed by atoms with Crippen molar-refractivity contribution < 1.29 is 9.53 Å². The number of benzene rings is 1. The van der Waals surface area contributed by atoms with Gasteiger partial charge in [0.25, 0.3) is 5.91 Å². The van der Waals surface area contributed by atoms with Gasteiger partial charge in [0.1, 0.15) is 5.82 Å². The van der Waals surface area contributed by atoms with E-state index in [2.05, 4.69) is 32.4 Å². The molecule has 0 saturated carbocycles. The second-order valence-electron chi connectivity index (χ2n) is 7.90. The zero-order chi connectivity index (χ0) is 18.4. The summed E-state index contributed by atoms with van der Waals surface area (Å²) in [5.41, 5.74) is 2.66. The molecule has 1 aliphatic rings. The number of fused-ring (bicyclic) bond motifs is 1. The summed E-state index contributed by atoms with van der Waals surface area (Å²) < 4.78 is 7.88. The smallest absolute Gasteiger partial charge is 0.254 e. The Kier molecular flexibility index (Phi) is 4.62. The van der Waals surface area contributed by atoms with E-state index in [-0.39, 0.29) is 23.5 Å². The summed E-state index contributed by atoms with van der Waals surface area (Å²) in [4.78, 5) is 19.6. The Morgan fingerprint density at radius 2 is 1.92 bits per heavy atom. The van der Waals surface area contributed by atoms with Gasteiger partial charge in [-0.1, -0.05) is 20.8 Å². The van der Waals surface area contributed by atoms with Crippen molar-refractivity contribution in [1.29, 1.82) is 0 Å². The predicted molar refractivity (Wildman–Crippen MR) is 99.9 cm³/mol. The van der Waals surface area contributed by atoms with Crippen LogP contribution in [0.2, 0.25) is 0 Å². The van der Waals surface area contributed by atoms with Gasteiger partial charge >= 0.3 is 0 Å². The summed E-state index contributed by atoms with van der Waals surface area (Å²) in [5.74, 6) is 1.12. The number of aromatic nitrogens is 2. The summed E-state index contributed by atoms with van der Waals surface area (Å²) in [6, 6.07) is 5.86. The molecule has 2 aromatic rings. The van der Waals surface area contributed by atoms with Crippen LogP contribution >= 0.6 is 0 Å². The number of carbonyl (C=O) groups is 1. The Morgan fingerprint density at radius 1 is 1.28 bits per heavy atom. The van der Waals surface area contributed by atoms with Crippen LogP contribution in [0.1, 0.15) is 57.2 Å². The summed E-state index contributed by atoms with van der Waals surface area (Å²) in [6.45, 7) is 11.9. The summed E-state index contributed by atoms with van der Waals surface area (Å²) in [6.07, 6.45) is 1.16. The van der Waals surface area contributed by atoms with Crippen molar-refractivity contribution in [2.75, 3.05) is 13.1 Å². The van der Waals surface area contributed by atoms with Gasteiger partial charge in [0, 0.05) is 31.1 Å². The Hall–Kier alpha value is -1.88. The molecule has 2 heterocycles. The van der Waals surface area contributed by atoms with Gasteiger partial charge in [-0.25, -0.2) is 4.98 Å². The molecular weight excluding hydrogens is 314 g/mol. The van der Waals surface area contributed by atoms with Crippen molar-refractivity contribution in [3.05, 3.63) is 29.6 Å². The van der Waals surface area contributed by atoms with Crippen LogP contribution in [0.5, 0.6) is 0 Å². The minimum Gasteiger partial charge on any atom is -0.372 e. The molecule has 0 radical (unpaired) electrons. The molecule has 1 aromatic heterocycles. The zero-order valence-electron chi connectivity index (χ0n) is 16.2. The van der Waals surface area contributed by atoms with Crippen molar-refractivity contribution in [2.24, 2.45) is 7.05 Å². The van der Waals surface area contributed by atoms with Crippen LogP contribution in [0.15, 0.2) is 18.2 Å². The first-order chi connectivity index (χ1) is 11.7. The number of carbonyl (C=O) groups excluding carboxylic acids is 1. The lowest BCUT2D eigenvalue weighted by atomic mass is 9.89. The first-order valence-electron chi connectivity index (χ1n) is 9.14. The second-order valence-corrected chi connectivity index (χ2v) is 7.90. The van der Waals surface area contributed by atoms with Crippen molar-refractivity contribution in [3.8, 4) is 0 Å². The molecule has 1 saturated heterocycles. The highest BCUT2D eigenvalue weighted by Crippen LogP contribution is 2.29. The second kappa shape index (κ2) is 6.45. The van der Waals surface area contributed by atoms with Crippen LogP contribution in [0.3, 0.4) is 0 Å². The average molecular weight is 343 g/mol. The molecule has 2 unspecified atom stereocenters. The van der Waals surface area contributed by atoms with Crippen molar-refractivity contribution >= 4 is 16.9 Å². The van der Waals surface area contributed by atoms with Crippen molar-refractivity contribution in [3.63, 3.8) is 0 Å². The average Bonchev–Trinajstić information content (AvgIpc) is 2.90. The highest BCUT2D eigenvalue weighted by atomic mass is 16.5. The third-order valence-electron chi connectivity index (χ3n) is 5.32. The standard InChI is InChI=1S/C20H29N3O2/c1-7-20(4,5)19-21-16-10-15(8-9-17(16)22(19)6)18(24)23-11-13(2)25-14(3)12-23/h8-10,13-14H,7,11-12H2,1-6H3. The largest absolute Gasteiger partial charge is 0.372 e. The Balaban J connectivity index is 1.95. The van der Waals surface area contributed by atoms with Gasteiger partial charge in [-0.15, -0.1) is 0 Å². The van der Waals surface area contributed by atoms with Crippen molar-refractivity contribution in [2.45, 2.75) is 58.7 Å². The van der Waals surface area contributed by atoms with E-state index in [0.717, 1.165) is 23.3 Å². The number of nitrogens with zero attached hydrogens (tertiary/aromatic N) is 3. The molecule has 5 nitrogen and oxygen atoms in total. The maximum Gasteiger partial charge on any atom is 0.254 e. The lowest BCUT2D eigenvalue weighted by Crippen LogP contribution is -2.48. The van der Waals surface area contributed by atoms with Crippen LogP contribution in [0, 0.1) is 0 Å². The minimum absolute atomic E-state index is 0.00696. The molecule has 0 aliphatic carbocycles. The lowest BCUT2D eigenvalue weighted by molar-refractivity contribution is -0.0586. The Morgan fingerprint density at radius 3 is 2.52 bits per heavy atom. The molecule has 1 fully saturated rings. The molecule has 136 valence electrons. The van der Waals surface area contributed by atoms with Crippen molar-refractivity contribution in [1.82, 2.24) is 14.5 Å². The van der Waals surface area contributed by atoms with Crippen LogP contribution in [0.25, 0.3) is 11.0 Å². The van der Waals surface area contributed by atoms with Crippen LogP contribution in [0.4, 0.5) is 0 Å². The number of hydrogen-bond donors (Lipinski definition) is 0. The number of rotatable bonds is 3. The van der Waals surface area contributed by atoms with Crippen LogP contribution in [-0.4, -0.2) is 45.7 Å². The quantitative estimate of drug-likeness (QED) is 0.857. The van der Waals surface area contributed by atoms with Crippen LogP contribution < -0.4 is 0 Å². The van der Waals surface area contributed by atoms with Crippen LogP contribution in [-0.2, 0) is 17.2 Å². The molecule has 3 rings (SSSR count). The first kappa shape index (κ1) is 17.9. The van der Waals surface area contributed by atoms with E-state index in [1.807, 2.05) is 36.9 Å². The zero-order valence-corrected chi connectivity index (χ0v) is 16.2. The molecule has 5 heteroatoms. The summed E-state index contributed by atoms with van der Waals surface area (Å²) in [5, 5.41) is 0. The number of imidazole rings is 1. The minimum atomic E-state index is 0.00696. The SMILES string of the molecule is CCC(C)(C)c1nc2cc(C(=O)N3CC(C)OC(C)C3)ccc2n1C. The van der Waals surface area contributed by atoms with E-state index < -0.39 is 0 Å². The fraction of sp³-hybridized carbons (Fsp3) is 0.600. The maximum atomic E-state index is 12.9. The van der Waals surface area contributed by atoms with Gasteiger partial charge in [0.15, 0.2) is 0 Å². The third-order valence-corrected chi connectivity index (χ3v) is 5.32. The maximum absolute atomic E-state index is 12.9. The fourth-order valence-electron chi connectivity index (χ4n) is 3.62. The Labute approximate surface area is 150 Å². The van der Waals surface area contributed by atoms with Gasteiger partial charge in [-0.3, -0.25) is 4.79 Å². The Bertz CT molecular complexity index is 784. The van der Waals surface area contributed by atoms with E-state index in [1.54, 1.807) is 0 Å². The lowest BCUT2D eigenvalue weighted by Gasteiger charge is -2.35. The van der Waals surface area contributed by atoms with E-state index in [0.29, 0.717) is 18.7 Å². The van der Waals surface area contributed by atoms with Gasteiger partial charge in [-0.2, -0.15) is 0 Å². The predicted octanol–water partition coefficient (Wildman–Crippen LogP) is 3.51. The normalized spacial score (nSPS) is 21.8. The van der Waals surface area contributed by atoms with E-state index in [4.69, 9.17) is 9.72 Å². The third kappa shape index (κ3) is 3.30. The molecule has 1 aromatic carbocycles. The molecule has 25 heavy (non-hydrogen) atoms.